The van der Waals surface area contributed by atoms with Crippen LogP contribution in [0.3, 0.4) is 0 Å². The minimum Gasteiger partial charge on any atom is -0.353 e. The average Bonchev–Trinajstić information content (AvgIpc) is 2.91. The highest BCUT2D eigenvalue weighted by atomic mass is 35.5. The molecule has 1 amide bonds. The molecule has 2 aliphatic rings. The van der Waals surface area contributed by atoms with Gasteiger partial charge in [-0.05, 0) is 48.4 Å². The Morgan fingerprint density at radius 2 is 1.75 bits per heavy atom. The number of hydrogen-bond donors (Lipinski definition) is 2. The summed E-state index contributed by atoms with van der Waals surface area (Å²) in [5.41, 5.74) is 1.24. The number of carbonyl (C=O) groups excluding carboxylic acids is 1. The van der Waals surface area contributed by atoms with Crippen molar-refractivity contribution >= 4 is 29.1 Å². The first kappa shape index (κ1) is 17.2. The Hall–Kier alpha value is -1.58. The molecular weight excluding hydrogens is 320 g/mol. The van der Waals surface area contributed by atoms with Crippen LogP contribution >= 0.6 is 12.4 Å². The fourth-order valence-corrected chi connectivity index (χ4v) is 4.13. The van der Waals surface area contributed by atoms with Crippen LogP contribution < -0.4 is 10.6 Å². The topological polar surface area (TPSA) is 41.1 Å². The molecule has 2 bridgehead atoms. The molecule has 2 fully saturated rings. The number of benzene rings is 2. The van der Waals surface area contributed by atoms with Gasteiger partial charge in [-0.1, -0.05) is 42.5 Å². The van der Waals surface area contributed by atoms with Gasteiger partial charge >= 0.3 is 0 Å². The molecule has 2 heterocycles. The van der Waals surface area contributed by atoms with Gasteiger partial charge in [0.15, 0.2) is 0 Å². The van der Waals surface area contributed by atoms with Gasteiger partial charge in [-0.2, -0.15) is 0 Å². The molecule has 128 valence electrons. The van der Waals surface area contributed by atoms with Gasteiger partial charge in [0.05, 0.1) is 0 Å². The van der Waals surface area contributed by atoms with Gasteiger partial charge in [0.25, 0.3) is 0 Å². The van der Waals surface area contributed by atoms with Gasteiger partial charge in [0, 0.05) is 24.5 Å². The summed E-state index contributed by atoms with van der Waals surface area (Å²) in [6, 6.07) is 16.5. The van der Waals surface area contributed by atoms with Crippen molar-refractivity contribution in [3.05, 3.63) is 48.0 Å². The predicted molar refractivity (Wildman–Crippen MR) is 101 cm³/mol. The van der Waals surface area contributed by atoms with E-state index in [0.717, 1.165) is 19.3 Å². The van der Waals surface area contributed by atoms with Crippen molar-refractivity contribution in [2.24, 2.45) is 0 Å². The van der Waals surface area contributed by atoms with Crippen LogP contribution in [0.4, 0.5) is 0 Å². The zero-order valence-electron chi connectivity index (χ0n) is 13.8. The summed E-state index contributed by atoms with van der Waals surface area (Å²) in [6.07, 6.45) is 6.13. The second-order valence-electron chi connectivity index (χ2n) is 7.06. The van der Waals surface area contributed by atoms with Gasteiger partial charge in [0.2, 0.25) is 5.91 Å². The number of fused-ring (bicyclic) bond motifs is 3. The summed E-state index contributed by atoms with van der Waals surface area (Å²) in [5, 5.41) is 9.37. The zero-order valence-corrected chi connectivity index (χ0v) is 14.6. The van der Waals surface area contributed by atoms with Crippen LogP contribution in [-0.4, -0.2) is 24.0 Å². The summed E-state index contributed by atoms with van der Waals surface area (Å²) in [4.78, 5) is 12.3. The Balaban J connectivity index is 0.00000169. The lowest BCUT2D eigenvalue weighted by atomic mass is 9.99. The molecule has 0 radical (unpaired) electrons. The zero-order chi connectivity index (χ0) is 15.6. The van der Waals surface area contributed by atoms with E-state index in [4.69, 9.17) is 0 Å². The van der Waals surface area contributed by atoms with E-state index < -0.39 is 0 Å². The molecule has 0 spiro atoms. The molecule has 0 aliphatic carbocycles. The van der Waals surface area contributed by atoms with Crippen molar-refractivity contribution in [3.63, 3.8) is 0 Å². The number of nitrogens with one attached hydrogen (secondary N) is 2. The molecule has 24 heavy (non-hydrogen) atoms. The molecule has 2 saturated heterocycles. The van der Waals surface area contributed by atoms with Crippen LogP contribution in [0.1, 0.15) is 37.7 Å². The molecule has 4 rings (SSSR count). The highest BCUT2D eigenvalue weighted by Crippen LogP contribution is 2.26. The van der Waals surface area contributed by atoms with E-state index in [1.165, 1.54) is 29.2 Å². The van der Waals surface area contributed by atoms with Crippen molar-refractivity contribution in [1.29, 1.82) is 0 Å². The largest absolute Gasteiger partial charge is 0.353 e. The Bertz CT molecular complexity index is 706. The third kappa shape index (κ3) is 3.90. The smallest absolute Gasteiger partial charge is 0.220 e. The van der Waals surface area contributed by atoms with Crippen molar-refractivity contribution in [2.45, 2.75) is 56.7 Å². The Morgan fingerprint density at radius 1 is 1.04 bits per heavy atom. The Labute approximate surface area is 149 Å². The van der Waals surface area contributed by atoms with E-state index >= 15 is 0 Å². The first-order chi connectivity index (χ1) is 11.3. The third-order valence-electron chi connectivity index (χ3n) is 5.29. The van der Waals surface area contributed by atoms with Crippen LogP contribution in [0.5, 0.6) is 0 Å². The van der Waals surface area contributed by atoms with Gasteiger partial charge in [-0.15, -0.1) is 12.4 Å². The highest BCUT2D eigenvalue weighted by molar-refractivity contribution is 5.85. The van der Waals surface area contributed by atoms with Crippen molar-refractivity contribution in [3.8, 4) is 0 Å². The lowest BCUT2D eigenvalue weighted by molar-refractivity contribution is -0.122. The average molecular weight is 345 g/mol. The summed E-state index contributed by atoms with van der Waals surface area (Å²) >= 11 is 0. The summed E-state index contributed by atoms with van der Waals surface area (Å²) in [6.45, 7) is 0. The first-order valence-corrected chi connectivity index (χ1v) is 8.79. The molecular formula is C20H25ClN2O. The minimum absolute atomic E-state index is 0. The van der Waals surface area contributed by atoms with Gasteiger partial charge in [-0.25, -0.2) is 0 Å². The quantitative estimate of drug-likeness (QED) is 0.889. The van der Waals surface area contributed by atoms with Crippen LogP contribution in [0.2, 0.25) is 0 Å². The van der Waals surface area contributed by atoms with E-state index in [-0.39, 0.29) is 18.3 Å². The monoisotopic (exact) mass is 344 g/mol. The molecule has 2 atom stereocenters. The normalized spacial score (nSPS) is 25.2. The number of carbonyl (C=O) groups is 1. The third-order valence-corrected chi connectivity index (χ3v) is 5.29. The van der Waals surface area contributed by atoms with Crippen LogP contribution in [-0.2, 0) is 11.2 Å². The number of aryl methyl sites for hydroxylation is 1. The lowest BCUT2D eigenvalue weighted by Crippen LogP contribution is -2.48. The van der Waals surface area contributed by atoms with Crippen LogP contribution in [0.15, 0.2) is 42.5 Å². The molecule has 2 N–H and O–H groups in total. The minimum atomic E-state index is 0. The summed E-state index contributed by atoms with van der Waals surface area (Å²) in [7, 11) is 0. The Morgan fingerprint density at radius 3 is 2.50 bits per heavy atom. The molecule has 2 aromatic rings. The van der Waals surface area contributed by atoms with E-state index in [1.807, 2.05) is 0 Å². The Kier molecular flexibility index (Phi) is 5.42. The van der Waals surface area contributed by atoms with Gasteiger partial charge < -0.3 is 10.6 Å². The lowest BCUT2D eigenvalue weighted by Gasteiger charge is -2.29. The van der Waals surface area contributed by atoms with Crippen LogP contribution in [0.25, 0.3) is 10.8 Å². The molecule has 4 heteroatoms. The fourth-order valence-electron chi connectivity index (χ4n) is 4.13. The van der Waals surface area contributed by atoms with Gasteiger partial charge in [-0.3, -0.25) is 4.79 Å². The standard InChI is InChI=1S/C20H24N2O.ClH/c23-20(22-19-12-17-8-9-18(13-19)21-17)10-6-14-5-7-15-3-1-2-4-16(15)11-14;/h1-5,7,11,17-19,21H,6,8-10,12-13H2,(H,22,23);1H. The molecule has 3 nitrogen and oxygen atoms in total. The van der Waals surface area contributed by atoms with E-state index in [0.29, 0.717) is 24.5 Å². The summed E-state index contributed by atoms with van der Waals surface area (Å²) in [5.74, 6) is 0.199. The molecule has 2 aliphatic heterocycles. The SMILES string of the molecule is Cl.O=C(CCc1ccc2ccccc2c1)NC1CC2CCC(C1)N2. The second-order valence-corrected chi connectivity index (χ2v) is 7.06. The van der Waals surface area contributed by atoms with E-state index in [1.54, 1.807) is 0 Å². The van der Waals surface area contributed by atoms with E-state index in [9.17, 15) is 4.79 Å². The van der Waals surface area contributed by atoms with Crippen molar-refractivity contribution < 1.29 is 4.79 Å². The predicted octanol–water partition coefficient (Wildman–Crippen LogP) is 3.59. The van der Waals surface area contributed by atoms with Gasteiger partial charge in [0.1, 0.15) is 0 Å². The van der Waals surface area contributed by atoms with Crippen LogP contribution in [0, 0.1) is 0 Å². The second kappa shape index (κ2) is 7.54. The maximum absolute atomic E-state index is 12.3. The number of amides is 1. The molecule has 2 aromatic carbocycles. The number of piperidine rings is 1. The maximum atomic E-state index is 12.3. The van der Waals surface area contributed by atoms with Crippen molar-refractivity contribution in [2.75, 3.05) is 0 Å². The van der Waals surface area contributed by atoms with E-state index in [2.05, 4.69) is 53.1 Å². The maximum Gasteiger partial charge on any atom is 0.220 e. The fraction of sp³-hybridized carbons (Fsp3) is 0.450. The first-order valence-electron chi connectivity index (χ1n) is 8.79. The number of rotatable bonds is 4. The molecule has 0 aromatic heterocycles. The summed E-state index contributed by atoms with van der Waals surface area (Å²) < 4.78 is 0. The number of halogens is 1. The number of hydrogen-bond acceptors (Lipinski definition) is 2. The highest BCUT2D eigenvalue weighted by Gasteiger charge is 2.33. The molecule has 2 unspecified atom stereocenters. The van der Waals surface area contributed by atoms with Crippen molar-refractivity contribution in [1.82, 2.24) is 10.6 Å². The molecule has 0 saturated carbocycles.